The number of thiocarbonyl (C=S) groups is 4. The molecule has 0 aromatic carbocycles. The zero-order valence-electron chi connectivity index (χ0n) is 5.87. The molecule has 13 heavy (non-hydrogen) atoms. The summed E-state index contributed by atoms with van der Waals surface area (Å²) in [6.45, 7) is 0. The van der Waals surface area contributed by atoms with Crippen LogP contribution >= 0.6 is 56.7 Å². The molecule has 0 amide bonds. The zero-order valence-corrected chi connectivity index (χ0v) is 10.0. The second kappa shape index (κ2) is 7.07. The second-order valence-corrected chi connectivity index (χ2v) is 3.91. The molecule has 0 heterocycles. The standard InChI is InChI=1S/C4N4PS4/c10-1-5-9(6-2-11,7-3-12)8-4-13/q+1. The van der Waals surface area contributed by atoms with Crippen LogP contribution < -0.4 is 0 Å². The molecule has 0 aliphatic carbocycles. The van der Waals surface area contributed by atoms with E-state index in [0.29, 0.717) is 0 Å². The summed E-state index contributed by atoms with van der Waals surface area (Å²) in [5.41, 5.74) is 0. The van der Waals surface area contributed by atoms with E-state index in [-0.39, 0.29) is 0 Å². The molecule has 0 N–H and O–H groups in total. The molecule has 0 spiro atoms. The van der Waals surface area contributed by atoms with E-state index in [1.807, 2.05) is 0 Å². The highest BCUT2D eigenvalue weighted by Crippen LogP contribution is 2.63. The first-order valence-corrected chi connectivity index (χ1v) is 5.74. The molecule has 0 bridgehead atoms. The van der Waals surface area contributed by atoms with Gasteiger partial charge in [-0.1, -0.05) is 0 Å². The maximum absolute atomic E-state index is 4.39. The summed E-state index contributed by atoms with van der Waals surface area (Å²) in [7, 11) is -2.86. The fraction of sp³-hybridized carbons (Fsp3) is 0. The van der Waals surface area contributed by atoms with E-state index in [9.17, 15) is 0 Å². The topological polar surface area (TPSA) is 49.4 Å². The van der Waals surface area contributed by atoms with Gasteiger partial charge in [0.1, 0.15) is 20.6 Å². The van der Waals surface area contributed by atoms with Crippen molar-refractivity contribution in [1.29, 1.82) is 0 Å². The Morgan fingerprint density at radius 3 is 1.00 bits per heavy atom. The van der Waals surface area contributed by atoms with Crippen molar-refractivity contribution in [3.05, 3.63) is 0 Å². The predicted molar refractivity (Wildman–Crippen MR) is 67.0 cm³/mol. The van der Waals surface area contributed by atoms with Gasteiger partial charge >= 0.3 is 7.87 Å². The van der Waals surface area contributed by atoms with Crippen LogP contribution in [0, 0.1) is 0 Å². The average Bonchev–Trinajstić information content (AvgIpc) is 2.06. The molecule has 0 rings (SSSR count). The molecule has 0 atom stereocenters. The molecule has 4 nitrogen and oxygen atoms in total. The van der Waals surface area contributed by atoms with Crippen LogP contribution in [0.15, 0.2) is 19.1 Å². The summed E-state index contributed by atoms with van der Waals surface area (Å²) in [4.78, 5) is 0. The quantitative estimate of drug-likeness (QED) is 0.444. The van der Waals surface area contributed by atoms with Crippen LogP contribution in [0.25, 0.3) is 0 Å². The van der Waals surface area contributed by atoms with Gasteiger partial charge in [-0.15, -0.1) is 0 Å². The van der Waals surface area contributed by atoms with Crippen LogP contribution in [0.1, 0.15) is 0 Å². The van der Waals surface area contributed by atoms with E-state index in [0.717, 1.165) is 0 Å². The van der Waals surface area contributed by atoms with Gasteiger partial charge in [0.2, 0.25) is 0 Å². The molecule has 0 aromatic rings. The molecule has 0 radical (unpaired) electrons. The van der Waals surface area contributed by atoms with Crippen LogP contribution in [0.5, 0.6) is 0 Å². The van der Waals surface area contributed by atoms with Gasteiger partial charge in [0.15, 0.2) is 0 Å². The van der Waals surface area contributed by atoms with E-state index < -0.39 is 7.87 Å². The predicted octanol–water partition coefficient (Wildman–Crippen LogP) is 3.08. The van der Waals surface area contributed by atoms with Gasteiger partial charge in [-0.25, -0.2) is 0 Å². The Morgan fingerprint density at radius 2 is 0.846 bits per heavy atom. The molecule has 0 unspecified atom stereocenters. The van der Waals surface area contributed by atoms with Crippen molar-refractivity contribution in [2.24, 2.45) is 19.1 Å². The first-order valence-electron chi connectivity index (χ1n) is 2.51. The third-order valence-corrected chi connectivity index (χ3v) is 3.08. The minimum atomic E-state index is -2.86. The Morgan fingerprint density at radius 1 is 0.615 bits per heavy atom. The summed E-state index contributed by atoms with van der Waals surface area (Å²) in [5, 5.41) is 8.32. The van der Waals surface area contributed by atoms with Crippen molar-refractivity contribution in [2.75, 3.05) is 0 Å². The average molecular weight is 263 g/mol. The molecule has 0 aromatic heterocycles. The first-order chi connectivity index (χ1) is 6.24. The Balaban J connectivity index is 5.52. The van der Waals surface area contributed by atoms with Crippen molar-refractivity contribution in [2.45, 2.75) is 0 Å². The smallest absolute Gasteiger partial charge is 0.00215 e. The van der Waals surface area contributed by atoms with E-state index >= 15 is 0 Å². The summed E-state index contributed by atoms with van der Waals surface area (Å²) < 4.78 is 14.5. The van der Waals surface area contributed by atoms with Gasteiger partial charge < -0.3 is 0 Å². The number of rotatable bonds is 4. The highest BCUT2D eigenvalue weighted by molar-refractivity contribution is 7.82. The van der Waals surface area contributed by atoms with Crippen LogP contribution in [0.4, 0.5) is 0 Å². The molecule has 9 heteroatoms. The summed E-state index contributed by atoms with van der Waals surface area (Å²) in [6.07, 6.45) is 0. The van der Waals surface area contributed by atoms with Gasteiger partial charge in [0.25, 0.3) is 0 Å². The largest absolute Gasteiger partial charge is 0.530 e. The Kier molecular flexibility index (Phi) is 6.87. The molecule has 0 aliphatic heterocycles. The zero-order chi connectivity index (χ0) is 10.2. The normalized spacial score (nSPS) is 11.7. The Labute approximate surface area is 96.2 Å². The van der Waals surface area contributed by atoms with Gasteiger partial charge in [-0.05, 0) is 48.9 Å². The van der Waals surface area contributed by atoms with Gasteiger partial charge in [0, 0.05) is 19.1 Å². The SMILES string of the molecule is S=C=N[P+](N=C=S)(N=C=S)N=C=S. The lowest BCUT2D eigenvalue weighted by atomic mass is 11.7. The number of hydrogen-bond acceptors (Lipinski definition) is 8. The van der Waals surface area contributed by atoms with E-state index in [4.69, 9.17) is 0 Å². The van der Waals surface area contributed by atoms with Gasteiger partial charge in [-0.2, -0.15) is 0 Å². The molecular weight excluding hydrogens is 263 g/mol. The maximum atomic E-state index is 4.39. The van der Waals surface area contributed by atoms with Crippen molar-refractivity contribution in [3.8, 4) is 0 Å². The number of hydrogen-bond donors (Lipinski definition) is 0. The van der Waals surface area contributed by atoms with E-state index in [1.165, 1.54) is 0 Å². The fourth-order valence-electron chi connectivity index (χ4n) is 0.353. The van der Waals surface area contributed by atoms with Crippen molar-refractivity contribution >= 4 is 77.4 Å². The van der Waals surface area contributed by atoms with Crippen molar-refractivity contribution < 1.29 is 0 Å². The Bertz CT molecular complexity index is 303. The summed E-state index contributed by atoms with van der Waals surface area (Å²) in [5.74, 6) is 0. The van der Waals surface area contributed by atoms with Gasteiger partial charge in [-0.3, -0.25) is 0 Å². The monoisotopic (exact) mass is 263 g/mol. The van der Waals surface area contributed by atoms with Crippen LogP contribution in [-0.4, -0.2) is 20.6 Å². The van der Waals surface area contributed by atoms with Crippen LogP contribution in [0.2, 0.25) is 0 Å². The maximum Gasteiger partial charge on any atom is 0.530 e. The highest BCUT2D eigenvalue weighted by atomic mass is 32.1. The molecular formula is C4N4PS4+. The molecule has 0 saturated heterocycles. The minimum Gasteiger partial charge on any atom is -0.00215 e. The van der Waals surface area contributed by atoms with Crippen molar-refractivity contribution in [3.63, 3.8) is 0 Å². The third-order valence-electron chi connectivity index (χ3n) is 0.700. The molecule has 0 saturated carbocycles. The van der Waals surface area contributed by atoms with Crippen molar-refractivity contribution in [1.82, 2.24) is 0 Å². The van der Waals surface area contributed by atoms with Crippen LogP contribution in [0.3, 0.4) is 0 Å². The Hall–Kier alpha value is -0.370. The minimum absolute atomic E-state index is 2.08. The lowest BCUT2D eigenvalue weighted by molar-refractivity contribution is 1.54. The molecule has 0 fully saturated rings. The highest BCUT2D eigenvalue weighted by Gasteiger charge is 2.40. The molecule has 0 aliphatic rings. The lowest BCUT2D eigenvalue weighted by Crippen LogP contribution is -1.75. The molecule has 64 valence electrons. The number of isothiocyanates is 4. The summed E-state index contributed by atoms with van der Waals surface area (Å²) in [6, 6.07) is 0. The van der Waals surface area contributed by atoms with E-state index in [2.05, 4.69) is 88.6 Å². The summed E-state index contributed by atoms with van der Waals surface area (Å²) >= 11 is 17.6. The van der Waals surface area contributed by atoms with Crippen LogP contribution in [-0.2, 0) is 0 Å². The first kappa shape index (κ1) is 12.6. The van der Waals surface area contributed by atoms with E-state index in [1.54, 1.807) is 0 Å². The lowest BCUT2D eigenvalue weighted by Gasteiger charge is -1.91. The van der Waals surface area contributed by atoms with Gasteiger partial charge in [0.05, 0.1) is 0 Å². The number of nitrogens with zero attached hydrogens (tertiary/aromatic N) is 4. The fourth-order valence-corrected chi connectivity index (χ4v) is 2.37. The second-order valence-electron chi connectivity index (χ2n) is 1.30. The third kappa shape index (κ3) is 4.41.